The fourth-order valence-electron chi connectivity index (χ4n) is 1.36. The average Bonchev–Trinajstić information content (AvgIpc) is 2.21. The van der Waals surface area contributed by atoms with Gasteiger partial charge in [-0.25, -0.2) is 0 Å². The number of rotatable bonds is 3. The van der Waals surface area contributed by atoms with E-state index < -0.39 is 12.2 Å². The molecule has 0 heterocycles. The molecule has 0 bridgehead atoms. The minimum Gasteiger partial charge on any atom is -0.389 e. The van der Waals surface area contributed by atoms with Crippen LogP contribution in [0.4, 0.5) is 0 Å². The molecular formula is C11H12ClNO2. The largest absolute Gasteiger partial charge is 0.389 e. The molecule has 15 heavy (non-hydrogen) atoms. The number of aliphatic hydroxyl groups is 2. The third-order valence-corrected chi connectivity index (χ3v) is 2.70. The van der Waals surface area contributed by atoms with Gasteiger partial charge in [0, 0.05) is 5.02 Å². The predicted molar refractivity (Wildman–Crippen MR) is 57.4 cm³/mol. The van der Waals surface area contributed by atoms with E-state index in [0.717, 1.165) is 5.56 Å². The highest BCUT2D eigenvalue weighted by atomic mass is 35.5. The predicted octanol–water partition coefficient (Wildman–Crippen LogP) is 1.96. The van der Waals surface area contributed by atoms with Crippen molar-refractivity contribution in [1.82, 2.24) is 0 Å². The zero-order valence-corrected chi connectivity index (χ0v) is 9.07. The SMILES string of the molecule is Cc1c(Cl)cccc1C(O)C(O)CC#N. The van der Waals surface area contributed by atoms with Gasteiger partial charge in [0.15, 0.2) is 0 Å². The Labute approximate surface area is 93.5 Å². The topological polar surface area (TPSA) is 64.2 Å². The first-order chi connectivity index (χ1) is 7.07. The molecule has 2 N–H and O–H groups in total. The van der Waals surface area contributed by atoms with Gasteiger partial charge in [-0.15, -0.1) is 0 Å². The van der Waals surface area contributed by atoms with E-state index >= 15 is 0 Å². The number of aliphatic hydroxyl groups excluding tert-OH is 2. The van der Waals surface area contributed by atoms with Crippen LogP contribution in [0, 0.1) is 18.3 Å². The molecule has 0 saturated heterocycles. The van der Waals surface area contributed by atoms with Crippen LogP contribution in [0.5, 0.6) is 0 Å². The minimum atomic E-state index is -1.08. The number of nitriles is 1. The Morgan fingerprint density at radius 2 is 2.13 bits per heavy atom. The van der Waals surface area contributed by atoms with Gasteiger partial charge in [0.05, 0.1) is 18.6 Å². The van der Waals surface area contributed by atoms with Crippen molar-refractivity contribution in [2.24, 2.45) is 0 Å². The molecule has 1 aromatic rings. The Morgan fingerprint density at radius 3 is 2.73 bits per heavy atom. The molecular weight excluding hydrogens is 214 g/mol. The molecule has 0 aromatic heterocycles. The lowest BCUT2D eigenvalue weighted by atomic mass is 9.98. The van der Waals surface area contributed by atoms with Crippen molar-refractivity contribution >= 4 is 11.6 Å². The normalized spacial score (nSPS) is 14.3. The summed E-state index contributed by atoms with van der Waals surface area (Å²) < 4.78 is 0. The average molecular weight is 226 g/mol. The molecule has 4 heteroatoms. The van der Waals surface area contributed by atoms with Crippen LogP contribution in [0.2, 0.25) is 5.02 Å². The van der Waals surface area contributed by atoms with Crippen molar-refractivity contribution in [3.05, 3.63) is 34.3 Å². The molecule has 0 amide bonds. The summed E-state index contributed by atoms with van der Waals surface area (Å²) in [6.07, 6.45) is -2.25. The molecule has 2 atom stereocenters. The lowest BCUT2D eigenvalue weighted by Crippen LogP contribution is -2.18. The van der Waals surface area contributed by atoms with E-state index in [1.54, 1.807) is 25.1 Å². The van der Waals surface area contributed by atoms with Crippen LogP contribution < -0.4 is 0 Å². The molecule has 1 aromatic carbocycles. The van der Waals surface area contributed by atoms with Gasteiger partial charge in [-0.05, 0) is 24.1 Å². The Kier molecular flexibility index (Phi) is 4.10. The lowest BCUT2D eigenvalue weighted by molar-refractivity contribution is 0.0212. The van der Waals surface area contributed by atoms with Crippen LogP contribution >= 0.6 is 11.6 Å². The van der Waals surface area contributed by atoms with Crippen LogP contribution in [-0.4, -0.2) is 16.3 Å². The number of benzene rings is 1. The maximum absolute atomic E-state index is 9.77. The third-order valence-electron chi connectivity index (χ3n) is 2.29. The van der Waals surface area contributed by atoms with Gasteiger partial charge in [0.25, 0.3) is 0 Å². The first kappa shape index (κ1) is 12.0. The van der Waals surface area contributed by atoms with Crippen molar-refractivity contribution < 1.29 is 10.2 Å². The van der Waals surface area contributed by atoms with Crippen LogP contribution in [0.25, 0.3) is 0 Å². The lowest BCUT2D eigenvalue weighted by Gasteiger charge is -2.18. The molecule has 0 fully saturated rings. The van der Waals surface area contributed by atoms with Gasteiger partial charge in [-0.3, -0.25) is 0 Å². The number of nitrogens with zero attached hydrogens (tertiary/aromatic N) is 1. The van der Waals surface area contributed by atoms with Gasteiger partial charge in [0.2, 0.25) is 0 Å². The first-order valence-electron chi connectivity index (χ1n) is 4.56. The molecule has 0 aliphatic heterocycles. The molecule has 0 aliphatic rings. The molecule has 80 valence electrons. The number of hydrogen-bond donors (Lipinski definition) is 2. The monoisotopic (exact) mass is 225 g/mol. The molecule has 0 aliphatic carbocycles. The highest BCUT2D eigenvalue weighted by Gasteiger charge is 2.20. The van der Waals surface area contributed by atoms with E-state index in [1.165, 1.54) is 0 Å². The van der Waals surface area contributed by atoms with Crippen LogP contribution in [0.1, 0.15) is 23.7 Å². The summed E-state index contributed by atoms with van der Waals surface area (Å²) in [7, 11) is 0. The highest BCUT2D eigenvalue weighted by Crippen LogP contribution is 2.26. The summed E-state index contributed by atoms with van der Waals surface area (Å²) in [5.41, 5.74) is 1.29. The Morgan fingerprint density at radius 1 is 1.47 bits per heavy atom. The van der Waals surface area contributed by atoms with E-state index in [4.69, 9.17) is 16.9 Å². The summed E-state index contributed by atoms with van der Waals surface area (Å²) in [5.74, 6) is 0. The standard InChI is InChI=1S/C11H12ClNO2/c1-7-8(3-2-4-9(7)12)11(15)10(14)5-6-13/h2-4,10-11,14-15H,5H2,1H3. The molecule has 0 radical (unpaired) electrons. The van der Waals surface area contributed by atoms with Crippen molar-refractivity contribution in [3.8, 4) is 6.07 Å². The van der Waals surface area contributed by atoms with Crippen molar-refractivity contribution in [2.45, 2.75) is 25.6 Å². The maximum atomic E-state index is 9.77. The van der Waals surface area contributed by atoms with Crippen molar-refractivity contribution in [2.75, 3.05) is 0 Å². The molecule has 0 saturated carbocycles. The summed E-state index contributed by atoms with van der Waals surface area (Å²) in [5, 5.41) is 28.2. The van der Waals surface area contributed by atoms with E-state index in [9.17, 15) is 10.2 Å². The van der Waals surface area contributed by atoms with Crippen LogP contribution in [0.15, 0.2) is 18.2 Å². The van der Waals surface area contributed by atoms with Gasteiger partial charge in [-0.2, -0.15) is 5.26 Å². The van der Waals surface area contributed by atoms with E-state index in [1.807, 2.05) is 6.07 Å². The van der Waals surface area contributed by atoms with Crippen LogP contribution in [0.3, 0.4) is 0 Å². The van der Waals surface area contributed by atoms with Crippen molar-refractivity contribution in [3.63, 3.8) is 0 Å². The Hall–Kier alpha value is -1.08. The van der Waals surface area contributed by atoms with E-state index in [2.05, 4.69) is 0 Å². The highest BCUT2D eigenvalue weighted by molar-refractivity contribution is 6.31. The Bertz CT molecular complexity index is 387. The Balaban J connectivity index is 2.96. The second-order valence-corrected chi connectivity index (χ2v) is 3.74. The molecule has 1 rings (SSSR count). The van der Waals surface area contributed by atoms with Crippen molar-refractivity contribution in [1.29, 1.82) is 5.26 Å². The first-order valence-corrected chi connectivity index (χ1v) is 4.93. The zero-order chi connectivity index (χ0) is 11.4. The molecule has 2 unspecified atom stereocenters. The van der Waals surface area contributed by atoms with E-state index in [-0.39, 0.29) is 6.42 Å². The summed E-state index contributed by atoms with van der Waals surface area (Å²) in [6.45, 7) is 1.76. The molecule has 3 nitrogen and oxygen atoms in total. The second kappa shape index (κ2) is 5.13. The fourth-order valence-corrected chi connectivity index (χ4v) is 1.54. The summed E-state index contributed by atoms with van der Waals surface area (Å²) >= 11 is 5.88. The summed E-state index contributed by atoms with van der Waals surface area (Å²) in [4.78, 5) is 0. The number of halogens is 1. The van der Waals surface area contributed by atoms with Gasteiger partial charge < -0.3 is 10.2 Å². The summed E-state index contributed by atoms with van der Waals surface area (Å²) in [6, 6.07) is 6.91. The van der Waals surface area contributed by atoms with Crippen LogP contribution in [-0.2, 0) is 0 Å². The third kappa shape index (κ3) is 2.69. The quantitative estimate of drug-likeness (QED) is 0.827. The second-order valence-electron chi connectivity index (χ2n) is 3.33. The van der Waals surface area contributed by atoms with Gasteiger partial charge in [0.1, 0.15) is 6.10 Å². The minimum absolute atomic E-state index is 0.104. The zero-order valence-electron chi connectivity index (χ0n) is 8.31. The molecule has 0 spiro atoms. The maximum Gasteiger partial charge on any atom is 0.106 e. The number of hydrogen-bond acceptors (Lipinski definition) is 3. The van der Waals surface area contributed by atoms with Gasteiger partial charge >= 0.3 is 0 Å². The smallest absolute Gasteiger partial charge is 0.106 e. The van der Waals surface area contributed by atoms with E-state index in [0.29, 0.717) is 10.6 Å². The van der Waals surface area contributed by atoms with Gasteiger partial charge in [-0.1, -0.05) is 23.7 Å². The fraction of sp³-hybridized carbons (Fsp3) is 0.364.